The minimum Gasteiger partial charge on any atom is -0.369 e. The van der Waals surface area contributed by atoms with Gasteiger partial charge in [-0.05, 0) is 24.0 Å². The Hall–Kier alpha value is -1.41. The molecule has 0 aliphatic heterocycles. The van der Waals surface area contributed by atoms with Gasteiger partial charge in [-0.3, -0.25) is 4.79 Å². The molecule has 0 aromatic heterocycles. The Bertz CT molecular complexity index is 382. The summed E-state index contributed by atoms with van der Waals surface area (Å²) in [7, 11) is 0. The van der Waals surface area contributed by atoms with Crippen molar-refractivity contribution in [1.82, 2.24) is 0 Å². The summed E-state index contributed by atoms with van der Waals surface area (Å²) in [6, 6.07) is 5.82. The number of ether oxygens (including phenoxy) is 1. The van der Waals surface area contributed by atoms with Crippen molar-refractivity contribution in [3.05, 3.63) is 47.5 Å². The number of carbonyl (C=O) groups is 1. The molecule has 0 spiro atoms. The lowest BCUT2D eigenvalue weighted by Gasteiger charge is -2.11. The standard InChI is InChI=1S/C13H14O2/c1-2-8-15-13-7-6-11-10(9-14)4-3-5-12(11)13/h2-5,9,13H,1,6-8H2/t13-/m0/s1. The Balaban J connectivity index is 2.26. The molecular weight excluding hydrogens is 188 g/mol. The van der Waals surface area contributed by atoms with Crippen LogP contribution in [0, 0.1) is 0 Å². The van der Waals surface area contributed by atoms with Gasteiger partial charge in [-0.2, -0.15) is 0 Å². The van der Waals surface area contributed by atoms with Crippen molar-refractivity contribution >= 4 is 6.29 Å². The monoisotopic (exact) mass is 202 g/mol. The lowest BCUT2D eigenvalue weighted by atomic mass is 10.0. The second kappa shape index (κ2) is 4.41. The average Bonchev–Trinajstić information content (AvgIpc) is 2.69. The second-order valence-corrected chi connectivity index (χ2v) is 3.68. The molecule has 78 valence electrons. The van der Waals surface area contributed by atoms with Gasteiger partial charge in [-0.1, -0.05) is 24.3 Å². The third kappa shape index (κ3) is 1.85. The summed E-state index contributed by atoms with van der Waals surface area (Å²) in [5, 5.41) is 0. The van der Waals surface area contributed by atoms with Crippen LogP contribution >= 0.6 is 0 Å². The number of benzene rings is 1. The first-order valence-corrected chi connectivity index (χ1v) is 5.16. The van der Waals surface area contributed by atoms with Crippen LogP contribution in [-0.4, -0.2) is 12.9 Å². The molecule has 0 bridgehead atoms. The third-order valence-corrected chi connectivity index (χ3v) is 2.79. The van der Waals surface area contributed by atoms with Gasteiger partial charge < -0.3 is 4.74 Å². The topological polar surface area (TPSA) is 26.3 Å². The summed E-state index contributed by atoms with van der Waals surface area (Å²) in [6.45, 7) is 4.20. The second-order valence-electron chi connectivity index (χ2n) is 3.68. The lowest BCUT2D eigenvalue weighted by molar-refractivity contribution is 0.0758. The van der Waals surface area contributed by atoms with E-state index in [0.717, 1.165) is 30.3 Å². The fourth-order valence-corrected chi connectivity index (χ4v) is 2.11. The molecule has 2 rings (SSSR count). The highest BCUT2D eigenvalue weighted by atomic mass is 16.5. The van der Waals surface area contributed by atoms with Crippen molar-refractivity contribution in [3.8, 4) is 0 Å². The summed E-state index contributed by atoms with van der Waals surface area (Å²) in [6.07, 6.45) is 4.72. The van der Waals surface area contributed by atoms with Crippen molar-refractivity contribution < 1.29 is 9.53 Å². The quantitative estimate of drug-likeness (QED) is 0.554. The lowest BCUT2D eigenvalue weighted by Crippen LogP contribution is -2.00. The highest BCUT2D eigenvalue weighted by molar-refractivity contribution is 5.78. The maximum atomic E-state index is 10.8. The van der Waals surface area contributed by atoms with Gasteiger partial charge in [0.15, 0.2) is 0 Å². The van der Waals surface area contributed by atoms with E-state index in [2.05, 4.69) is 6.58 Å². The Labute approximate surface area is 89.6 Å². The molecule has 1 aliphatic rings. The van der Waals surface area contributed by atoms with Crippen molar-refractivity contribution in [2.45, 2.75) is 18.9 Å². The van der Waals surface area contributed by atoms with Crippen LogP contribution in [0.3, 0.4) is 0 Å². The molecule has 0 radical (unpaired) electrons. The minimum atomic E-state index is 0.137. The molecule has 15 heavy (non-hydrogen) atoms. The molecule has 2 nitrogen and oxygen atoms in total. The molecule has 0 saturated heterocycles. The van der Waals surface area contributed by atoms with E-state index in [1.54, 1.807) is 6.08 Å². The van der Waals surface area contributed by atoms with E-state index in [1.807, 2.05) is 18.2 Å². The van der Waals surface area contributed by atoms with Gasteiger partial charge in [0.1, 0.15) is 6.29 Å². The van der Waals surface area contributed by atoms with Crippen LogP contribution in [0.25, 0.3) is 0 Å². The summed E-state index contributed by atoms with van der Waals surface area (Å²) >= 11 is 0. The van der Waals surface area contributed by atoms with Gasteiger partial charge in [0, 0.05) is 5.56 Å². The molecule has 0 saturated carbocycles. The van der Waals surface area contributed by atoms with E-state index in [1.165, 1.54) is 5.56 Å². The molecule has 1 aliphatic carbocycles. The summed E-state index contributed by atoms with van der Waals surface area (Å²) < 4.78 is 5.64. The normalized spacial score (nSPS) is 18.5. The van der Waals surface area contributed by atoms with Crippen molar-refractivity contribution in [1.29, 1.82) is 0 Å². The number of fused-ring (bicyclic) bond motifs is 1. The molecular formula is C13H14O2. The van der Waals surface area contributed by atoms with Gasteiger partial charge in [0.05, 0.1) is 12.7 Å². The molecule has 0 amide bonds. The maximum Gasteiger partial charge on any atom is 0.150 e. The van der Waals surface area contributed by atoms with Gasteiger partial charge >= 0.3 is 0 Å². The average molecular weight is 202 g/mol. The van der Waals surface area contributed by atoms with E-state index < -0.39 is 0 Å². The number of rotatable bonds is 4. The molecule has 1 aromatic rings. The summed E-state index contributed by atoms with van der Waals surface area (Å²) in [4.78, 5) is 10.8. The molecule has 1 atom stereocenters. The molecule has 2 heteroatoms. The Morgan fingerprint density at radius 1 is 1.53 bits per heavy atom. The zero-order chi connectivity index (χ0) is 10.7. The Kier molecular flexibility index (Phi) is 2.97. The Morgan fingerprint density at radius 2 is 2.40 bits per heavy atom. The largest absolute Gasteiger partial charge is 0.369 e. The zero-order valence-electron chi connectivity index (χ0n) is 8.61. The predicted molar refractivity (Wildman–Crippen MR) is 59.0 cm³/mol. The van der Waals surface area contributed by atoms with Gasteiger partial charge in [-0.15, -0.1) is 6.58 Å². The van der Waals surface area contributed by atoms with Crippen LogP contribution in [0.1, 0.15) is 34.0 Å². The summed E-state index contributed by atoms with van der Waals surface area (Å²) in [5.74, 6) is 0. The van der Waals surface area contributed by atoms with Crippen LogP contribution < -0.4 is 0 Å². The highest BCUT2D eigenvalue weighted by Gasteiger charge is 2.24. The highest BCUT2D eigenvalue weighted by Crippen LogP contribution is 2.35. The SMILES string of the molecule is C=CCO[C@H]1CCc2c(C=O)cccc21. The van der Waals surface area contributed by atoms with E-state index in [4.69, 9.17) is 4.74 Å². The van der Waals surface area contributed by atoms with Crippen LogP contribution in [0.5, 0.6) is 0 Å². The molecule has 0 N–H and O–H groups in total. The zero-order valence-corrected chi connectivity index (χ0v) is 8.61. The fraction of sp³-hybridized carbons (Fsp3) is 0.308. The first-order chi connectivity index (χ1) is 7.36. The van der Waals surface area contributed by atoms with Crippen LogP contribution in [0.2, 0.25) is 0 Å². The van der Waals surface area contributed by atoms with Gasteiger partial charge in [0.25, 0.3) is 0 Å². The van der Waals surface area contributed by atoms with Crippen molar-refractivity contribution in [3.63, 3.8) is 0 Å². The fourth-order valence-electron chi connectivity index (χ4n) is 2.11. The van der Waals surface area contributed by atoms with E-state index >= 15 is 0 Å². The smallest absolute Gasteiger partial charge is 0.150 e. The van der Waals surface area contributed by atoms with Crippen LogP contribution in [-0.2, 0) is 11.2 Å². The maximum absolute atomic E-state index is 10.8. The summed E-state index contributed by atoms with van der Waals surface area (Å²) in [5.41, 5.74) is 3.13. The van der Waals surface area contributed by atoms with E-state index in [0.29, 0.717) is 6.61 Å². The van der Waals surface area contributed by atoms with Crippen molar-refractivity contribution in [2.75, 3.05) is 6.61 Å². The van der Waals surface area contributed by atoms with Crippen LogP contribution in [0.4, 0.5) is 0 Å². The first kappa shape index (κ1) is 10.1. The molecule has 0 heterocycles. The minimum absolute atomic E-state index is 0.137. The van der Waals surface area contributed by atoms with Crippen LogP contribution in [0.15, 0.2) is 30.9 Å². The van der Waals surface area contributed by atoms with Gasteiger partial charge in [0.2, 0.25) is 0 Å². The third-order valence-electron chi connectivity index (χ3n) is 2.79. The molecule has 1 aromatic carbocycles. The Morgan fingerprint density at radius 3 is 3.13 bits per heavy atom. The molecule has 0 unspecified atom stereocenters. The van der Waals surface area contributed by atoms with Gasteiger partial charge in [-0.25, -0.2) is 0 Å². The number of hydrogen-bond donors (Lipinski definition) is 0. The number of carbonyl (C=O) groups excluding carboxylic acids is 1. The predicted octanol–water partition coefficient (Wildman–Crippen LogP) is 2.69. The molecule has 0 fully saturated rings. The number of hydrogen-bond acceptors (Lipinski definition) is 2. The van der Waals surface area contributed by atoms with Crippen molar-refractivity contribution in [2.24, 2.45) is 0 Å². The van der Waals surface area contributed by atoms with E-state index in [9.17, 15) is 4.79 Å². The van der Waals surface area contributed by atoms with E-state index in [-0.39, 0.29) is 6.10 Å². The number of aldehydes is 1. The first-order valence-electron chi connectivity index (χ1n) is 5.16.